The van der Waals surface area contributed by atoms with E-state index in [9.17, 15) is 27.2 Å². The molecule has 30 heavy (non-hydrogen) atoms. The van der Waals surface area contributed by atoms with E-state index in [1.807, 2.05) is 0 Å². The minimum absolute atomic E-state index is 0.0507. The molecular formula is C19H17ClF4N4O2. The van der Waals surface area contributed by atoms with E-state index >= 15 is 0 Å². The van der Waals surface area contributed by atoms with E-state index in [1.54, 1.807) is 0 Å². The monoisotopic (exact) mass is 444 g/mol. The van der Waals surface area contributed by atoms with E-state index in [0.717, 1.165) is 12.1 Å². The van der Waals surface area contributed by atoms with Crippen molar-refractivity contribution in [2.75, 3.05) is 22.1 Å². The van der Waals surface area contributed by atoms with Crippen molar-refractivity contribution in [3.63, 3.8) is 0 Å². The second-order valence-corrected chi connectivity index (χ2v) is 7.15. The number of hydrogen-bond donors (Lipinski definition) is 2. The molecule has 0 radical (unpaired) electrons. The van der Waals surface area contributed by atoms with Crippen LogP contribution in [-0.2, 0) is 15.8 Å². The number of amides is 2. The first-order valence-corrected chi connectivity index (χ1v) is 9.31. The summed E-state index contributed by atoms with van der Waals surface area (Å²) < 4.78 is 52.6. The number of rotatable bonds is 4. The molecule has 0 spiro atoms. The Morgan fingerprint density at radius 3 is 2.60 bits per heavy atom. The maximum Gasteiger partial charge on any atom is 0.417 e. The molecule has 1 aliphatic heterocycles. The van der Waals surface area contributed by atoms with E-state index < -0.39 is 29.5 Å². The summed E-state index contributed by atoms with van der Waals surface area (Å²) in [5.74, 6) is -1.57. The predicted octanol–water partition coefficient (Wildman–Crippen LogP) is 4.46. The van der Waals surface area contributed by atoms with Crippen LogP contribution in [0.1, 0.15) is 25.3 Å². The van der Waals surface area contributed by atoms with Gasteiger partial charge in [0, 0.05) is 25.4 Å². The van der Waals surface area contributed by atoms with Gasteiger partial charge in [-0.3, -0.25) is 9.59 Å². The molecular weight excluding hydrogens is 428 g/mol. The zero-order chi connectivity index (χ0) is 22.1. The van der Waals surface area contributed by atoms with Crippen LogP contribution < -0.4 is 15.5 Å². The van der Waals surface area contributed by atoms with Gasteiger partial charge in [-0.1, -0.05) is 11.6 Å². The molecule has 0 unspecified atom stereocenters. The smallest absolute Gasteiger partial charge is 0.343 e. The lowest BCUT2D eigenvalue weighted by molar-refractivity contribution is -0.137. The highest BCUT2D eigenvalue weighted by atomic mass is 35.5. The summed E-state index contributed by atoms with van der Waals surface area (Å²) in [6.07, 6.45) is -2.97. The normalized spacial score (nSPS) is 16.5. The third-order valence-electron chi connectivity index (χ3n) is 4.52. The number of nitrogens with one attached hydrogen (secondary N) is 2. The van der Waals surface area contributed by atoms with Crippen LogP contribution in [0.15, 0.2) is 30.5 Å². The van der Waals surface area contributed by atoms with Gasteiger partial charge >= 0.3 is 6.18 Å². The molecule has 0 aliphatic carbocycles. The lowest BCUT2D eigenvalue weighted by atomic mass is 10.2. The first-order chi connectivity index (χ1) is 14.1. The largest absolute Gasteiger partial charge is 0.417 e. The Balaban J connectivity index is 1.81. The van der Waals surface area contributed by atoms with Crippen LogP contribution in [0.25, 0.3) is 0 Å². The highest BCUT2D eigenvalue weighted by Gasteiger charge is 2.36. The summed E-state index contributed by atoms with van der Waals surface area (Å²) in [5, 5.41) is 4.72. The van der Waals surface area contributed by atoms with E-state index in [-0.39, 0.29) is 22.4 Å². The van der Waals surface area contributed by atoms with Crippen LogP contribution in [0.2, 0.25) is 5.02 Å². The van der Waals surface area contributed by atoms with E-state index in [4.69, 9.17) is 11.6 Å². The quantitative estimate of drug-likeness (QED) is 0.683. The average Bonchev–Trinajstić information content (AvgIpc) is 3.12. The van der Waals surface area contributed by atoms with Crippen molar-refractivity contribution in [3.8, 4) is 0 Å². The molecule has 6 nitrogen and oxygen atoms in total. The summed E-state index contributed by atoms with van der Waals surface area (Å²) >= 11 is 6.00. The lowest BCUT2D eigenvalue weighted by Crippen LogP contribution is -2.40. The van der Waals surface area contributed by atoms with Gasteiger partial charge in [0.1, 0.15) is 17.7 Å². The molecule has 2 N–H and O–H groups in total. The molecule has 1 aromatic carbocycles. The van der Waals surface area contributed by atoms with Crippen molar-refractivity contribution in [3.05, 3.63) is 46.9 Å². The number of aromatic nitrogens is 1. The van der Waals surface area contributed by atoms with Crippen LogP contribution in [0.5, 0.6) is 0 Å². The summed E-state index contributed by atoms with van der Waals surface area (Å²) in [4.78, 5) is 29.2. The Morgan fingerprint density at radius 1 is 1.23 bits per heavy atom. The first-order valence-electron chi connectivity index (χ1n) is 8.93. The van der Waals surface area contributed by atoms with Gasteiger partial charge in [-0.05, 0) is 37.1 Å². The number of hydrogen-bond acceptors (Lipinski definition) is 4. The zero-order valence-electron chi connectivity index (χ0n) is 15.7. The van der Waals surface area contributed by atoms with Gasteiger partial charge in [-0.2, -0.15) is 13.2 Å². The SMILES string of the molecule is CC(=O)Nc1ccc(F)c(NC(=O)[C@H]2CCCN2c2ncc(C(F)(F)F)cc2Cl)c1. The number of nitrogens with zero attached hydrogens (tertiary/aromatic N) is 2. The van der Waals surface area contributed by atoms with E-state index in [1.165, 1.54) is 24.0 Å². The van der Waals surface area contributed by atoms with Crippen LogP contribution in [0, 0.1) is 5.82 Å². The minimum atomic E-state index is -4.59. The van der Waals surface area contributed by atoms with Crippen LogP contribution >= 0.6 is 11.6 Å². The third-order valence-corrected chi connectivity index (χ3v) is 4.80. The molecule has 2 amide bonds. The second kappa shape index (κ2) is 8.47. The number of alkyl halides is 3. The van der Waals surface area contributed by atoms with Crippen LogP contribution in [0.4, 0.5) is 34.8 Å². The highest BCUT2D eigenvalue weighted by Crippen LogP contribution is 2.36. The molecule has 1 aliphatic rings. The Labute approximate surface area is 174 Å². The Morgan fingerprint density at radius 2 is 1.97 bits per heavy atom. The fourth-order valence-electron chi connectivity index (χ4n) is 3.21. The average molecular weight is 445 g/mol. The predicted molar refractivity (Wildman–Crippen MR) is 104 cm³/mol. The molecule has 1 atom stereocenters. The van der Waals surface area contributed by atoms with Gasteiger partial charge in [0.2, 0.25) is 11.8 Å². The molecule has 2 heterocycles. The lowest BCUT2D eigenvalue weighted by Gasteiger charge is -2.26. The molecule has 11 heteroatoms. The molecule has 1 fully saturated rings. The van der Waals surface area contributed by atoms with Gasteiger partial charge in [0.05, 0.1) is 16.3 Å². The number of anilines is 3. The van der Waals surface area contributed by atoms with Crippen molar-refractivity contribution in [1.82, 2.24) is 4.98 Å². The molecule has 0 saturated carbocycles. The molecule has 1 aromatic heterocycles. The molecule has 2 aromatic rings. The number of pyridine rings is 1. The minimum Gasteiger partial charge on any atom is -0.343 e. The fraction of sp³-hybridized carbons (Fsp3) is 0.316. The zero-order valence-corrected chi connectivity index (χ0v) is 16.4. The van der Waals surface area contributed by atoms with E-state index in [2.05, 4.69) is 15.6 Å². The Hall–Kier alpha value is -2.88. The molecule has 1 saturated heterocycles. The van der Waals surface area contributed by atoms with Crippen molar-refractivity contribution in [2.24, 2.45) is 0 Å². The van der Waals surface area contributed by atoms with Crippen molar-refractivity contribution in [1.29, 1.82) is 0 Å². The van der Waals surface area contributed by atoms with Crippen LogP contribution in [0.3, 0.4) is 0 Å². The fourth-order valence-corrected chi connectivity index (χ4v) is 3.48. The number of carbonyl (C=O) groups is 2. The molecule has 3 rings (SSSR count). The molecule has 0 bridgehead atoms. The van der Waals surface area contributed by atoms with Gasteiger partial charge in [-0.25, -0.2) is 9.37 Å². The summed E-state index contributed by atoms with van der Waals surface area (Å²) in [5.41, 5.74) is -0.826. The standard InChI is InChI=1S/C19H17ClF4N4O2/c1-10(29)26-12-4-5-14(21)15(8-12)27-18(30)16-3-2-6-28(16)17-13(20)7-11(9-25-17)19(22,23)24/h4-5,7-9,16H,2-3,6H2,1H3,(H,26,29)(H,27,30)/t16-/m1/s1. The number of benzene rings is 1. The topological polar surface area (TPSA) is 74.3 Å². The maximum atomic E-state index is 14.1. The number of carbonyl (C=O) groups excluding carboxylic acids is 2. The third kappa shape index (κ3) is 4.81. The highest BCUT2D eigenvalue weighted by molar-refractivity contribution is 6.33. The van der Waals surface area contributed by atoms with Gasteiger partial charge in [-0.15, -0.1) is 0 Å². The summed E-state index contributed by atoms with van der Waals surface area (Å²) in [6.45, 7) is 1.64. The maximum absolute atomic E-state index is 14.1. The molecule has 160 valence electrons. The van der Waals surface area contributed by atoms with Gasteiger partial charge in [0.25, 0.3) is 0 Å². The van der Waals surface area contributed by atoms with Crippen molar-refractivity contribution >= 4 is 40.6 Å². The van der Waals surface area contributed by atoms with Gasteiger partial charge < -0.3 is 15.5 Å². The Kier molecular flexibility index (Phi) is 6.16. The summed E-state index contributed by atoms with van der Waals surface area (Å²) in [6, 6.07) is 3.68. The van der Waals surface area contributed by atoms with Gasteiger partial charge in [0.15, 0.2) is 0 Å². The second-order valence-electron chi connectivity index (χ2n) is 6.74. The van der Waals surface area contributed by atoms with E-state index in [0.29, 0.717) is 31.3 Å². The number of halogens is 5. The van der Waals surface area contributed by atoms with Crippen LogP contribution in [-0.4, -0.2) is 29.4 Å². The van der Waals surface area contributed by atoms with Crippen molar-refractivity contribution in [2.45, 2.75) is 32.0 Å². The summed E-state index contributed by atoms with van der Waals surface area (Å²) in [7, 11) is 0. The van der Waals surface area contributed by atoms with Crippen molar-refractivity contribution < 1.29 is 27.2 Å². The first kappa shape index (κ1) is 21.8. The Bertz CT molecular complexity index is 983.